The Bertz CT molecular complexity index is 1390. The van der Waals surface area contributed by atoms with Crippen molar-refractivity contribution in [1.82, 2.24) is 9.88 Å². The molecule has 3 heterocycles. The average Bonchev–Trinajstić information content (AvgIpc) is 3.28. The third kappa shape index (κ3) is 2.64. The van der Waals surface area contributed by atoms with Crippen LogP contribution in [0.15, 0.2) is 72.8 Å². The minimum Gasteiger partial charge on any atom is -0.356 e. The molecule has 6 rings (SSSR count). The van der Waals surface area contributed by atoms with Crippen LogP contribution in [0, 0.1) is 13.8 Å². The third-order valence-corrected chi connectivity index (χ3v) is 6.70. The summed E-state index contributed by atoms with van der Waals surface area (Å²) >= 11 is 0. The summed E-state index contributed by atoms with van der Waals surface area (Å²) in [4.78, 5) is 34.1. The molecule has 5 nitrogen and oxygen atoms in total. The fraction of sp³-hybridized carbons (Fsp3) is 0.185. The Morgan fingerprint density at radius 2 is 1.66 bits per heavy atom. The van der Waals surface area contributed by atoms with Gasteiger partial charge < -0.3 is 4.98 Å². The Labute approximate surface area is 186 Å². The molecule has 0 radical (unpaired) electrons. The summed E-state index contributed by atoms with van der Waals surface area (Å²) in [5.41, 5.74) is 6.96. The fourth-order valence-electron chi connectivity index (χ4n) is 5.17. The normalized spacial score (nSPS) is 20.1. The highest BCUT2D eigenvalue weighted by Gasteiger charge is 2.53. The van der Waals surface area contributed by atoms with Crippen molar-refractivity contribution in [1.29, 1.82) is 0 Å². The molecular formula is C27H23N3O2. The van der Waals surface area contributed by atoms with Crippen molar-refractivity contribution in [2.24, 2.45) is 0 Å². The number of imide groups is 1. The molecule has 1 fully saturated rings. The Balaban J connectivity index is 1.55. The van der Waals surface area contributed by atoms with Crippen LogP contribution in [0.2, 0.25) is 0 Å². The highest BCUT2D eigenvalue weighted by atomic mass is 16.2. The molecule has 2 aliphatic rings. The second kappa shape index (κ2) is 6.82. The molecule has 1 N–H and O–H groups in total. The van der Waals surface area contributed by atoms with E-state index in [1.165, 1.54) is 4.90 Å². The van der Waals surface area contributed by atoms with Crippen molar-refractivity contribution in [3.05, 3.63) is 101 Å². The zero-order chi connectivity index (χ0) is 22.0. The largest absolute Gasteiger partial charge is 0.356 e. The third-order valence-electron chi connectivity index (χ3n) is 6.70. The van der Waals surface area contributed by atoms with Crippen LogP contribution in [-0.2, 0) is 11.2 Å². The van der Waals surface area contributed by atoms with E-state index in [2.05, 4.69) is 35.3 Å². The van der Waals surface area contributed by atoms with Gasteiger partial charge in [0.2, 0.25) is 0 Å². The van der Waals surface area contributed by atoms with Gasteiger partial charge in [-0.3, -0.25) is 9.69 Å². The SMILES string of the molecule is Cc1ccc(C2c3[nH]c4ccccc4c3CC3C(=O)N(c4cccc(C)c4)C(=O)N32)cc1. The Kier molecular flexibility index (Phi) is 4.02. The number of anilines is 1. The van der Waals surface area contributed by atoms with E-state index >= 15 is 0 Å². The summed E-state index contributed by atoms with van der Waals surface area (Å²) in [5.74, 6) is -0.159. The lowest BCUT2D eigenvalue weighted by Crippen LogP contribution is -2.44. The first-order chi connectivity index (χ1) is 15.5. The van der Waals surface area contributed by atoms with E-state index < -0.39 is 6.04 Å². The maximum absolute atomic E-state index is 13.8. The number of hydrogen-bond acceptors (Lipinski definition) is 2. The van der Waals surface area contributed by atoms with Gasteiger partial charge in [0.1, 0.15) is 12.1 Å². The van der Waals surface area contributed by atoms with Gasteiger partial charge >= 0.3 is 6.03 Å². The van der Waals surface area contributed by atoms with Gasteiger partial charge in [0.25, 0.3) is 5.91 Å². The highest BCUT2D eigenvalue weighted by Crippen LogP contribution is 2.44. The number of rotatable bonds is 2. The van der Waals surface area contributed by atoms with E-state index in [1.54, 1.807) is 4.90 Å². The van der Waals surface area contributed by atoms with Crippen LogP contribution in [0.4, 0.5) is 10.5 Å². The molecule has 4 aromatic rings. The number of urea groups is 1. The molecule has 5 heteroatoms. The molecule has 0 saturated carbocycles. The number of amides is 3. The standard InChI is InChI=1S/C27H23N3O2/c1-16-10-12-18(13-11-16)25-24-21(20-8-3-4-9-22(20)28-24)15-23-26(31)29(27(32)30(23)25)19-7-5-6-17(2)14-19/h3-14,23,25,28H,15H2,1-2H3. The van der Waals surface area contributed by atoms with Gasteiger partial charge in [0.05, 0.1) is 5.69 Å². The number of aromatic nitrogens is 1. The lowest BCUT2D eigenvalue weighted by molar-refractivity contribution is -0.120. The summed E-state index contributed by atoms with van der Waals surface area (Å²) < 4.78 is 0. The van der Waals surface area contributed by atoms with E-state index in [0.29, 0.717) is 12.1 Å². The molecule has 1 aromatic heterocycles. The van der Waals surface area contributed by atoms with Crippen molar-refractivity contribution in [2.45, 2.75) is 32.4 Å². The number of carbonyl (C=O) groups excluding carboxylic acids is 2. The van der Waals surface area contributed by atoms with Gasteiger partial charge in [-0.05, 0) is 48.7 Å². The smallest absolute Gasteiger partial charge is 0.332 e. The monoisotopic (exact) mass is 421 g/mol. The van der Waals surface area contributed by atoms with Crippen molar-refractivity contribution in [3.63, 3.8) is 0 Å². The van der Waals surface area contributed by atoms with Crippen LogP contribution in [0.3, 0.4) is 0 Å². The summed E-state index contributed by atoms with van der Waals surface area (Å²) in [5, 5.41) is 1.12. The molecule has 3 amide bonds. The molecular weight excluding hydrogens is 398 g/mol. The summed E-state index contributed by atoms with van der Waals surface area (Å²) in [6, 6.07) is 22.8. The molecule has 0 spiro atoms. The predicted molar refractivity (Wildman–Crippen MR) is 125 cm³/mol. The van der Waals surface area contributed by atoms with E-state index in [4.69, 9.17) is 0 Å². The van der Waals surface area contributed by atoms with Gasteiger partial charge in [-0.1, -0.05) is 60.2 Å². The van der Waals surface area contributed by atoms with Crippen molar-refractivity contribution in [3.8, 4) is 0 Å². The maximum Gasteiger partial charge on any atom is 0.332 e. The molecule has 158 valence electrons. The Morgan fingerprint density at radius 3 is 2.44 bits per heavy atom. The number of fused-ring (bicyclic) bond motifs is 4. The molecule has 0 aliphatic carbocycles. The second-order valence-corrected chi connectivity index (χ2v) is 8.80. The van der Waals surface area contributed by atoms with Gasteiger partial charge in [-0.15, -0.1) is 0 Å². The lowest BCUT2D eigenvalue weighted by Gasteiger charge is -2.36. The molecule has 32 heavy (non-hydrogen) atoms. The number of nitrogens with zero attached hydrogens (tertiary/aromatic N) is 2. The minimum absolute atomic E-state index is 0.159. The predicted octanol–water partition coefficient (Wildman–Crippen LogP) is 5.27. The van der Waals surface area contributed by atoms with Gasteiger partial charge in [-0.25, -0.2) is 9.69 Å². The highest BCUT2D eigenvalue weighted by molar-refractivity contribution is 6.22. The minimum atomic E-state index is -0.527. The first kappa shape index (κ1) is 18.9. The number of nitrogens with one attached hydrogen (secondary N) is 1. The summed E-state index contributed by atoms with van der Waals surface area (Å²) in [7, 11) is 0. The average molecular weight is 422 g/mol. The number of para-hydroxylation sites is 1. The molecule has 3 aromatic carbocycles. The Morgan fingerprint density at radius 1 is 0.875 bits per heavy atom. The fourth-order valence-corrected chi connectivity index (χ4v) is 5.17. The summed E-state index contributed by atoms with van der Waals surface area (Å²) in [6.45, 7) is 4.01. The van der Waals surface area contributed by atoms with Gasteiger partial charge in [-0.2, -0.15) is 0 Å². The number of aromatic amines is 1. The Hall–Kier alpha value is -3.86. The van der Waals surface area contributed by atoms with Crippen LogP contribution >= 0.6 is 0 Å². The molecule has 2 unspecified atom stereocenters. The van der Waals surface area contributed by atoms with Crippen LogP contribution in [0.1, 0.15) is 34.0 Å². The van der Waals surface area contributed by atoms with E-state index in [1.807, 2.05) is 56.3 Å². The number of hydrogen-bond donors (Lipinski definition) is 1. The quantitative estimate of drug-likeness (QED) is 0.449. The second-order valence-electron chi connectivity index (χ2n) is 8.80. The molecule has 1 saturated heterocycles. The van der Waals surface area contributed by atoms with Crippen LogP contribution in [0.25, 0.3) is 10.9 Å². The number of H-pyrrole nitrogens is 1. The van der Waals surface area contributed by atoms with Crippen LogP contribution in [-0.4, -0.2) is 27.9 Å². The van der Waals surface area contributed by atoms with E-state index in [0.717, 1.165) is 38.9 Å². The summed E-state index contributed by atoms with van der Waals surface area (Å²) in [6.07, 6.45) is 0.509. The van der Waals surface area contributed by atoms with Crippen molar-refractivity contribution in [2.75, 3.05) is 4.90 Å². The first-order valence-electron chi connectivity index (χ1n) is 10.9. The van der Waals surface area contributed by atoms with Crippen molar-refractivity contribution < 1.29 is 9.59 Å². The van der Waals surface area contributed by atoms with Gasteiger partial charge in [0.15, 0.2) is 0 Å². The molecule has 0 bridgehead atoms. The van der Waals surface area contributed by atoms with E-state index in [-0.39, 0.29) is 18.0 Å². The lowest BCUT2D eigenvalue weighted by atomic mass is 9.88. The van der Waals surface area contributed by atoms with Crippen molar-refractivity contribution >= 4 is 28.5 Å². The first-order valence-corrected chi connectivity index (χ1v) is 10.9. The van der Waals surface area contributed by atoms with E-state index in [9.17, 15) is 9.59 Å². The number of benzene rings is 3. The zero-order valence-corrected chi connectivity index (χ0v) is 18.0. The maximum atomic E-state index is 13.8. The zero-order valence-electron chi connectivity index (χ0n) is 18.0. The van der Waals surface area contributed by atoms with Crippen LogP contribution < -0.4 is 4.90 Å². The van der Waals surface area contributed by atoms with Crippen LogP contribution in [0.5, 0.6) is 0 Å². The molecule has 2 atom stereocenters. The topological polar surface area (TPSA) is 56.4 Å². The van der Waals surface area contributed by atoms with Gasteiger partial charge in [0, 0.05) is 23.0 Å². The molecule has 2 aliphatic heterocycles. The number of carbonyl (C=O) groups is 2. The number of aryl methyl sites for hydroxylation is 2.